The summed E-state index contributed by atoms with van der Waals surface area (Å²) < 4.78 is 0. The molecule has 1 saturated heterocycles. The van der Waals surface area contributed by atoms with E-state index in [-0.39, 0.29) is 11.5 Å². The number of nitrogens with zero attached hydrogens (tertiary/aromatic N) is 1. The van der Waals surface area contributed by atoms with Crippen molar-refractivity contribution in [2.45, 2.75) is 6.42 Å². The fourth-order valence-corrected chi connectivity index (χ4v) is 2.33. The average molecular weight is 262 g/mol. The minimum absolute atomic E-state index is 0.133. The lowest BCUT2D eigenvalue weighted by Crippen LogP contribution is -2.30. The standard InChI is InChI=1S/C14H18N2O3/c1-16-6-5-10(9-16)8-15-13(17)11-3-2-4-12(7-11)14(18)19/h2-4,7,10H,5-6,8-9H2,1H3,(H,15,17)(H,18,19). The lowest BCUT2D eigenvalue weighted by atomic mass is 10.1. The van der Waals surface area contributed by atoms with E-state index < -0.39 is 5.97 Å². The van der Waals surface area contributed by atoms with Crippen molar-refractivity contribution < 1.29 is 14.7 Å². The highest BCUT2D eigenvalue weighted by atomic mass is 16.4. The Kier molecular flexibility index (Phi) is 4.16. The van der Waals surface area contributed by atoms with Crippen molar-refractivity contribution in [2.75, 3.05) is 26.7 Å². The second-order valence-electron chi connectivity index (χ2n) is 5.01. The summed E-state index contributed by atoms with van der Waals surface area (Å²) in [6.45, 7) is 2.70. The molecular weight excluding hydrogens is 244 g/mol. The highest BCUT2D eigenvalue weighted by molar-refractivity contribution is 5.97. The van der Waals surface area contributed by atoms with E-state index in [1.807, 2.05) is 0 Å². The van der Waals surface area contributed by atoms with Crippen LogP contribution in [0, 0.1) is 5.92 Å². The van der Waals surface area contributed by atoms with Crippen LogP contribution in [0.4, 0.5) is 0 Å². The van der Waals surface area contributed by atoms with Crippen molar-refractivity contribution in [3.63, 3.8) is 0 Å². The predicted octanol–water partition coefficient (Wildman–Crippen LogP) is 1.07. The molecule has 0 saturated carbocycles. The Morgan fingerprint density at radius 2 is 2.16 bits per heavy atom. The summed E-state index contributed by atoms with van der Waals surface area (Å²) in [5.41, 5.74) is 0.527. The number of carbonyl (C=O) groups is 2. The van der Waals surface area contributed by atoms with Gasteiger partial charge in [0.15, 0.2) is 0 Å². The van der Waals surface area contributed by atoms with Crippen molar-refractivity contribution >= 4 is 11.9 Å². The minimum atomic E-state index is -1.02. The number of aromatic carboxylic acids is 1. The molecule has 1 unspecified atom stereocenters. The first-order chi connectivity index (χ1) is 9.06. The van der Waals surface area contributed by atoms with Gasteiger partial charge in [0.2, 0.25) is 0 Å². The van der Waals surface area contributed by atoms with E-state index in [1.165, 1.54) is 12.1 Å². The quantitative estimate of drug-likeness (QED) is 0.851. The molecule has 0 aliphatic carbocycles. The molecule has 1 aliphatic rings. The van der Waals surface area contributed by atoms with Crippen LogP contribution in [-0.4, -0.2) is 48.6 Å². The van der Waals surface area contributed by atoms with Crippen LogP contribution >= 0.6 is 0 Å². The van der Waals surface area contributed by atoms with Crippen LogP contribution in [0.15, 0.2) is 24.3 Å². The van der Waals surface area contributed by atoms with E-state index in [9.17, 15) is 9.59 Å². The number of nitrogens with one attached hydrogen (secondary N) is 1. The molecule has 102 valence electrons. The smallest absolute Gasteiger partial charge is 0.335 e. The maximum atomic E-state index is 11.9. The van der Waals surface area contributed by atoms with Gasteiger partial charge in [0.25, 0.3) is 5.91 Å². The fourth-order valence-electron chi connectivity index (χ4n) is 2.33. The lowest BCUT2D eigenvalue weighted by molar-refractivity contribution is 0.0697. The van der Waals surface area contributed by atoms with Gasteiger partial charge in [0.1, 0.15) is 0 Å². The number of amides is 1. The summed E-state index contributed by atoms with van der Waals surface area (Å²) in [6.07, 6.45) is 1.09. The van der Waals surface area contributed by atoms with Crippen molar-refractivity contribution in [1.82, 2.24) is 10.2 Å². The predicted molar refractivity (Wildman–Crippen MR) is 71.3 cm³/mol. The summed E-state index contributed by atoms with van der Waals surface area (Å²) in [6, 6.07) is 6.09. The monoisotopic (exact) mass is 262 g/mol. The zero-order chi connectivity index (χ0) is 13.8. The molecule has 19 heavy (non-hydrogen) atoms. The number of carboxylic acid groups (broad SMARTS) is 1. The zero-order valence-corrected chi connectivity index (χ0v) is 10.9. The SMILES string of the molecule is CN1CCC(CNC(=O)c2cccc(C(=O)O)c2)C1. The van der Waals surface area contributed by atoms with E-state index >= 15 is 0 Å². The molecular formula is C14H18N2O3. The van der Waals surface area contributed by atoms with Gasteiger partial charge in [-0.2, -0.15) is 0 Å². The molecule has 1 amide bonds. The van der Waals surface area contributed by atoms with Crippen LogP contribution in [-0.2, 0) is 0 Å². The van der Waals surface area contributed by atoms with E-state index in [1.54, 1.807) is 12.1 Å². The number of hydrogen-bond acceptors (Lipinski definition) is 3. The van der Waals surface area contributed by atoms with E-state index in [4.69, 9.17) is 5.11 Å². The molecule has 0 aromatic heterocycles. The molecule has 0 spiro atoms. The summed E-state index contributed by atoms with van der Waals surface area (Å²) >= 11 is 0. The van der Waals surface area contributed by atoms with Crippen molar-refractivity contribution in [3.05, 3.63) is 35.4 Å². The highest BCUT2D eigenvalue weighted by Crippen LogP contribution is 2.13. The van der Waals surface area contributed by atoms with Gasteiger partial charge in [-0.3, -0.25) is 4.79 Å². The Bertz CT molecular complexity index is 487. The van der Waals surface area contributed by atoms with Gasteiger partial charge in [-0.25, -0.2) is 4.79 Å². The third kappa shape index (κ3) is 3.54. The third-order valence-electron chi connectivity index (χ3n) is 3.41. The van der Waals surface area contributed by atoms with Crippen LogP contribution in [0.2, 0.25) is 0 Å². The van der Waals surface area contributed by atoms with Crippen LogP contribution < -0.4 is 5.32 Å². The molecule has 2 rings (SSSR count). The zero-order valence-electron chi connectivity index (χ0n) is 10.9. The van der Waals surface area contributed by atoms with E-state index in [2.05, 4.69) is 17.3 Å². The minimum Gasteiger partial charge on any atom is -0.478 e. The molecule has 1 aliphatic heterocycles. The van der Waals surface area contributed by atoms with E-state index in [0.29, 0.717) is 18.0 Å². The number of carboxylic acids is 1. The number of likely N-dealkylation sites (tertiary alicyclic amines) is 1. The van der Waals surface area contributed by atoms with Crippen molar-refractivity contribution in [3.8, 4) is 0 Å². The second-order valence-corrected chi connectivity index (χ2v) is 5.01. The van der Waals surface area contributed by atoms with Gasteiger partial charge in [-0.05, 0) is 44.1 Å². The molecule has 0 radical (unpaired) electrons. The maximum absolute atomic E-state index is 11.9. The normalized spacial score (nSPS) is 19.3. The molecule has 2 N–H and O–H groups in total. The number of rotatable bonds is 4. The highest BCUT2D eigenvalue weighted by Gasteiger charge is 2.20. The first kappa shape index (κ1) is 13.5. The Balaban J connectivity index is 1.92. The molecule has 5 nitrogen and oxygen atoms in total. The fraction of sp³-hybridized carbons (Fsp3) is 0.429. The third-order valence-corrected chi connectivity index (χ3v) is 3.41. The largest absolute Gasteiger partial charge is 0.478 e. The van der Waals surface area contributed by atoms with Gasteiger partial charge < -0.3 is 15.3 Å². The molecule has 1 aromatic rings. The van der Waals surface area contributed by atoms with Gasteiger partial charge in [-0.1, -0.05) is 6.07 Å². The molecule has 1 heterocycles. The summed E-state index contributed by atoms with van der Waals surface area (Å²) in [7, 11) is 2.07. The van der Waals surface area contributed by atoms with Gasteiger partial charge in [-0.15, -0.1) is 0 Å². The molecule has 1 fully saturated rings. The number of carbonyl (C=O) groups excluding carboxylic acids is 1. The lowest BCUT2D eigenvalue weighted by Gasteiger charge is -2.11. The first-order valence-electron chi connectivity index (χ1n) is 6.36. The van der Waals surface area contributed by atoms with Crippen molar-refractivity contribution in [1.29, 1.82) is 0 Å². The van der Waals surface area contributed by atoms with Gasteiger partial charge in [0.05, 0.1) is 5.56 Å². The van der Waals surface area contributed by atoms with Crippen LogP contribution in [0.1, 0.15) is 27.1 Å². The van der Waals surface area contributed by atoms with Gasteiger partial charge >= 0.3 is 5.97 Å². The second kappa shape index (κ2) is 5.84. The van der Waals surface area contributed by atoms with Crippen LogP contribution in [0.5, 0.6) is 0 Å². The Labute approximate surface area is 112 Å². The Hall–Kier alpha value is -1.88. The summed E-state index contributed by atoms with van der Waals surface area (Å²) in [4.78, 5) is 25.0. The Morgan fingerprint density at radius 3 is 2.79 bits per heavy atom. The first-order valence-corrected chi connectivity index (χ1v) is 6.36. The maximum Gasteiger partial charge on any atom is 0.335 e. The molecule has 0 bridgehead atoms. The number of benzene rings is 1. The molecule has 1 aromatic carbocycles. The average Bonchev–Trinajstić information content (AvgIpc) is 2.82. The molecule has 5 heteroatoms. The van der Waals surface area contributed by atoms with E-state index in [0.717, 1.165) is 19.5 Å². The summed E-state index contributed by atoms with van der Waals surface area (Å²) in [5.74, 6) is -0.749. The van der Waals surface area contributed by atoms with Crippen LogP contribution in [0.25, 0.3) is 0 Å². The van der Waals surface area contributed by atoms with Crippen molar-refractivity contribution in [2.24, 2.45) is 5.92 Å². The Morgan fingerprint density at radius 1 is 1.42 bits per heavy atom. The van der Waals surface area contributed by atoms with Crippen LogP contribution in [0.3, 0.4) is 0 Å². The molecule has 1 atom stereocenters. The number of hydrogen-bond donors (Lipinski definition) is 2. The van der Waals surface area contributed by atoms with Gasteiger partial charge in [0, 0.05) is 18.7 Å². The summed E-state index contributed by atoms with van der Waals surface area (Å²) in [5, 5.41) is 11.8. The topological polar surface area (TPSA) is 69.6 Å².